The van der Waals surface area contributed by atoms with Gasteiger partial charge in [-0.1, -0.05) is 30.0 Å². The van der Waals surface area contributed by atoms with Gasteiger partial charge in [-0.3, -0.25) is 15.1 Å². The molecule has 0 saturated heterocycles. The van der Waals surface area contributed by atoms with Gasteiger partial charge in [0.2, 0.25) is 0 Å². The average Bonchev–Trinajstić information content (AvgIpc) is 3.19. The second kappa shape index (κ2) is 9.97. The fourth-order valence-corrected chi connectivity index (χ4v) is 5.47. The van der Waals surface area contributed by atoms with E-state index in [9.17, 15) is 10.1 Å². The SMILES string of the molecule is CN(C)c1ccc(C=Nc2ccc3nc(SCc4ccc(I)cc4)sc3c2)cc1[N+](=O)[O-]. The average molecular weight is 574 g/mol. The number of rotatable bonds is 7. The molecule has 162 valence electrons. The third-order valence-corrected chi connectivity index (χ3v) is 7.62. The molecule has 3 aromatic carbocycles. The number of hydrogen-bond donors (Lipinski definition) is 0. The van der Waals surface area contributed by atoms with E-state index in [-0.39, 0.29) is 10.6 Å². The fourth-order valence-electron chi connectivity index (χ4n) is 3.05. The fraction of sp³-hybridized carbons (Fsp3) is 0.130. The van der Waals surface area contributed by atoms with E-state index in [2.05, 4.69) is 51.8 Å². The summed E-state index contributed by atoms with van der Waals surface area (Å²) in [5, 5.41) is 11.4. The number of thiazole rings is 1. The number of aliphatic imine (C=N–C) groups is 1. The highest BCUT2D eigenvalue weighted by Gasteiger charge is 2.15. The standard InChI is InChI=1S/C23H19IN4O2S2/c1-27(2)20-10-5-16(11-21(20)28(29)30)13-25-18-8-9-19-22(12-18)32-23(26-19)31-14-15-3-6-17(24)7-4-15/h3-13H,14H2,1-2H3. The van der Waals surface area contributed by atoms with E-state index >= 15 is 0 Å². The van der Waals surface area contributed by atoms with Crippen LogP contribution in [0.2, 0.25) is 0 Å². The van der Waals surface area contributed by atoms with Crippen molar-refractivity contribution in [1.82, 2.24) is 4.98 Å². The summed E-state index contributed by atoms with van der Waals surface area (Å²) in [6.07, 6.45) is 1.65. The third-order valence-electron chi connectivity index (χ3n) is 4.67. The summed E-state index contributed by atoms with van der Waals surface area (Å²) in [6, 6.07) is 19.5. The molecule has 6 nitrogen and oxygen atoms in total. The molecule has 0 saturated carbocycles. The van der Waals surface area contributed by atoms with E-state index in [1.807, 2.05) is 24.3 Å². The maximum absolute atomic E-state index is 11.4. The Morgan fingerprint density at radius 1 is 1.16 bits per heavy atom. The van der Waals surface area contributed by atoms with Crippen LogP contribution in [0.3, 0.4) is 0 Å². The van der Waals surface area contributed by atoms with Crippen LogP contribution in [0.1, 0.15) is 11.1 Å². The first-order chi connectivity index (χ1) is 15.4. The largest absolute Gasteiger partial charge is 0.372 e. The zero-order valence-corrected chi connectivity index (χ0v) is 21.1. The summed E-state index contributed by atoms with van der Waals surface area (Å²) < 4.78 is 3.32. The molecule has 0 unspecified atom stereocenters. The highest BCUT2D eigenvalue weighted by Crippen LogP contribution is 2.34. The second-order valence-corrected chi connectivity index (χ2v) is 10.7. The molecule has 32 heavy (non-hydrogen) atoms. The molecule has 0 aliphatic rings. The lowest BCUT2D eigenvalue weighted by Gasteiger charge is -2.12. The van der Waals surface area contributed by atoms with Gasteiger partial charge in [0.15, 0.2) is 4.34 Å². The minimum Gasteiger partial charge on any atom is -0.372 e. The first-order valence-electron chi connectivity index (χ1n) is 9.67. The molecule has 0 aliphatic carbocycles. The van der Waals surface area contributed by atoms with Crippen LogP contribution in [0.25, 0.3) is 10.2 Å². The molecule has 0 spiro atoms. The molecule has 0 radical (unpaired) electrons. The quantitative estimate of drug-likeness (QED) is 0.0788. The van der Waals surface area contributed by atoms with Crippen molar-refractivity contribution in [2.75, 3.05) is 19.0 Å². The number of benzene rings is 3. The van der Waals surface area contributed by atoms with Gasteiger partial charge in [-0.2, -0.15) is 0 Å². The Bertz CT molecular complexity index is 1300. The van der Waals surface area contributed by atoms with Gasteiger partial charge in [0.05, 0.1) is 20.8 Å². The van der Waals surface area contributed by atoms with Gasteiger partial charge in [0.25, 0.3) is 5.69 Å². The van der Waals surface area contributed by atoms with Gasteiger partial charge in [-0.15, -0.1) is 11.3 Å². The Hall–Kier alpha value is -2.50. The smallest absolute Gasteiger partial charge is 0.293 e. The molecular formula is C23H19IN4O2S2. The molecule has 1 aromatic heterocycles. The topological polar surface area (TPSA) is 71.6 Å². The van der Waals surface area contributed by atoms with Crippen molar-refractivity contribution in [2.45, 2.75) is 10.1 Å². The monoisotopic (exact) mass is 574 g/mol. The van der Waals surface area contributed by atoms with Crippen LogP contribution < -0.4 is 4.90 Å². The summed E-state index contributed by atoms with van der Waals surface area (Å²) >= 11 is 5.68. The van der Waals surface area contributed by atoms with Crippen LogP contribution in [0.4, 0.5) is 17.1 Å². The summed E-state index contributed by atoms with van der Waals surface area (Å²) in [7, 11) is 3.57. The molecule has 0 amide bonds. The number of aromatic nitrogens is 1. The number of halogens is 1. The highest BCUT2D eigenvalue weighted by molar-refractivity contribution is 14.1. The van der Waals surface area contributed by atoms with E-state index in [0.717, 1.165) is 26.0 Å². The van der Waals surface area contributed by atoms with Crippen LogP contribution in [-0.2, 0) is 5.75 Å². The number of hydrogen-bond acceptors (Lipinski definition) is 7. The van der Waals surface area contributed by atoms with Crippen LogP contribution in [0, 0.1) is 13.7 Å². The number of nitro groups is 1. The Balaban J connectivity index is 1.50. The Kier molecular flexibility index (Phi) is 7.07. The Morgan fingerprint density at radius 2 is 1.94 bits per heavy atom. The zero-order chi connectivity index (χ0) is 22.7. The molecular weight excluding hydrogens is 555 g/mol. The Morgan fingerprint density at radius 3 is 2.66 bits per heavy atom. The van der Waals surface area contributed by atoms with Gasteiger partial charge >= 0.3 is 0 Å². The van der Waals surface area contributed by atoms with Crippen molar-refractivity contribution in [3.63, 3.8) is 0 Å². The van der Waals surface area contributed by atoms with Crippen molar-refractivity contribution >= 4 is 79.2 Å². The van der Waals surface area contributed by atoms with Crippen molar-refractivity contribution in [3.8, 4) is 0 Å². The van der Waals surface area contributed by atoms with E-state index in [1.54, 1.807) is 60.4 Å². The molecule has 0 fully saturated rings. The predicted octanol–water partition coefficient (Wildman–Crippen LogP) is 6.92. The molecule has 0 bridgehead atoms. The van der Waals surface area contributed by atoms with Crippen molar-refractivity contribution < 1.29 is 4.92 Å². The first kappa shape index (κ1) is 22.7. The number of anilines is 1. The molecule has 9 heteroatoms. The lowest BCUT2D eigenvalue weighted by Crippen LogP contribution is -2.11. The van der Waals surface area contributed by atoms with Crippen LogP contribution in [-0.4, -0.2) is 30.2 Å². The molecule has 1 heterocycles. The summed E-state index contributed by atoms with van der Waals surface area (Å²) in [6.45, 7) is 0. The number of nitrogens with zero attached hydrogens (tertiary/aromatic N) is 4. The summed E-state index contributed by atoms with van der Waals surface area (Å²) in [4.78, 5) is 22.0. The van der Waals surface area contributed by atoms with Crippen molar-refractivity contribution in [3.05, 3.63) is 85.5 Å². The normalized spacial score (nSPS) is 11.3. The Labute approximate surface area is 207 Å². The molecule has 0 N–H and O–H groups in total. The van der Waals surface area contributed by atoms with Crippen LogP contribution in [0.15, 0.2) is 70.0 Å². The molecule has 0 atom stereocenters. The minimum atomic E-state index is -0.370. The second-order valence-electron chi connectivity index (χ2n) is 7.20. The maximum Gasteiger partial charge on any atom is 0.293 e. The maximum atomic E-state index is 11.4. The molecule has 4 rings (SSSR count). The predicted molar refractivity (Wildman–Crippen MR) is 143 cm³/mol. The number of nitro benzene ring substituents is 1. The number of fused-ring (bicyclic) bond motifs is 1. The molecule has 0 aliphatic heterocycles. The summed E-state index contributed by atoms with van der Waals surface area (Å²) in [5.74, 6) is 0.878. The lowest BCUT2D eigenvalue weighted by molar-refractivity contribution is -0.384. The van der Waals surface area contributed by atoms with Gasteiger partial charge in [-0.05, 0) is 70.1 Å². The van der Waals surface area contributed by atoms with E-state index in [1.165, 1.54) is 9.13 Å². The van der Waals surface area contributed by atoms with Crippen LogP contribution in [0.5, 0.6) is 0 Å². The first-order valence-corrected chi connectivity index (χ1v) is 12.5. The molecule has 4 aromatic rings. The highest BCUT2D eigenvalue weighted by atomic mass is 127. The van der Waals surface area contributed by atoms with Gasteiger partial charge in [0.1, 0.15) is 5.69 Å². The van der Waals surface area contributed by atoms with Gasteiger partial charge in [0, 0.05) is 35.7 Å². The summed E-state index contributed by atoms with van der Waals surface area (Å²) in [5.41, 5.74) is 4.31. The van der Waals surface area contributed by atoms with Gasteiger partial charge < -0.3 is 4.90 Å². The van der Waals surface area contributed by atoms with Crippen molar-refractivity contribution in [2.24, 2.45) is 4.99 Å². The van der Waals surface area contributed by atoms with Crippen molar-refractivity contribution in [1.29, 1.82) is 0 Å². The minimum absolute atomic E-state index is 0.0617. The lowest BCUT2D eigenvalue weighted by atomic mass is 10.1. The van der Waals surface area contributed by atoms with E-state index in [0.29, 0.717) is 11.3 Å². The van der Waals surface area contributed by atoms with E-state index < -0.39 is 0 Å². The van der Waals surface area contributed by atoms with Gasteiger partial charge in [-0.25, -0.2) is 4.98 Å². The number of thioether (sulfide) groups is 1. The van der Waals surface area contributed by atoms with Crippen LogP contribution >= 0.6 is 45.7 Å². The zero-order valence-electron chi connectivity index (χ0n) is 17.4. The third kappa shape index (κ3) is 5.45. The van der Waals surface area contributed by atoms with E-state index in [4.69, 9.17) is 4.98 Å².